The summed E-state index contributed by atoms with van der Waals surface area (Å²) in [7, 11) is 0. The molecule has 5 nitrogen and oxygen atoms in total. The van der Waals surface area contributed by atoms with E-state index in [2.05, 4.69) is 26.7 Å². The average molecular weight is 243 g/mol. The topological polar surface area (TPSA) is 55.6 Å². The number of aryl methyl sites for hydroxylation is 2. The van der Waals surface area contributed by atoms with Crippen LogP contribution in [0.2, 0.25) is 0 Å². The molecule has 1 aliphatic rings. The van der Waals surface area contributed by atoms with Gasteiger partial charge in [-0.1, -0.05) is 11.3 Å². The van der Waals surface area contributed by atoms with Crippen molar-refractivity contribution in [1.82, 2.24) is 25.3 Å². The van der Waals surface area contributed by atoms with Gasteiger partial charge in [0.15, 0.2) is 0 Å². The van der Waals surface area contributed by atoms with Crippen molar-refractivity contribution < 1.29 is 0 Å². The summed E-state index contributed by atoms with van der Waals surface area (Å²) >= 11 is 0. The minimum atomic E-state index is 0.713. The van der Waals surface area contributed by atoms with E-state index in [1.165, 1.54) is 18.4 Å². The van der Waals surface area contributed by atoms with Crippen LogP contribution in [0.1, 0.15) is 24.1 Å². The lowest BCUT2D eigenvalue weighted by Gasteiger charge is -2.00. The lowest BCUT2D eigenvalue weighted by atomic mass is 10.2. The van der Waals surface area contributed by atoms with Gasteiger partial charge in [0.25, 0.3) is 0 Å². The third-order valence-electron chi connectivity index (χ3n) is 3.09. The largest absolute Gasteiger partial charge is 0.308 e. The summed E-state index contributed by atoms with van der Waals surface area (Å²) in [4.78, 5) is 4.10. The number of rotatable bonds is 6. The van der Waals surface area contributed by atoms with Gasteiger partial charge < -0.3 is 5.32 Å². The van der Waals surface area contributed by atoms with Gasteiger partial charge in [-0.05, 0) is 30.9 Å². The second-order valence-corrected chi connectivity index (χ2v) is 4.74. The fraction of sp³-hybridized carbons (Fsp3) is 0.462. The summed E-state index contributed by atoms with van der Waals surface area (Å²) in [5, 5.41) is 11.7. The van der Waals surface area contributed by atoms with Gasteiger partial charge in [0.2, 0.25) is 0 Å². The van der Waals surface area contributed by atoms with E-state index in [-0.39, 0.29) is 0 Å². The second-order valence-electron chi connectivity index (χ2n) is 4.74. The molecule has 2 heterocycles. The highest BCUT2D eigenvalue weighted by Crippen LogP contribution is 2.18. The maximum Gasteiger partial charge on any atom is 0.0964 e. The zero-order valence-corrected chi connectivity index (χ0v) is 10.3. The van der Waals surface area contributed by atoms with Crippen molar-refractivity contribution in [3.05, 3.63) is 42.0 Å². The van der Waals surface area contributed by atoms with E-state index in [9.17, 15) is 0 Å². The van der Waals surface area contributed by atoms with Crippen LogP contribution in [0.15, 0.2) is 30.7 Å². The highest BCUT2D eigenvalue weighted by atomic mass is 15.4. The first-order valence-electron chi connectivity index (χ1n) is 6.41. The first-order chi connectivity index (χ1) is 8.90. The van der Waals surface area contributed by atoms with E-state index >= 15 is 0 Å². The quantitative estimate of drug-likeness (QED) is 0.827. The molecule has 0 amide bonds. The van der Waals surface area contributed by atoms with Crippen LogP contribution < -0.4 is 5.32 Å². The number of hydrogen-bond acceptors (Lipinski definition) is 4. The molecule has 0 aromatic carbocycles. The standard InChI is InChI=1S/C13H17N5/c1-2-11(8-14-6-1)5-7-18-10-13(16-17-18)9-15-12-3-4-12/h1-2,6,8,10,12,15H,3-5,7,9H2. The van der Waals surface area contributed by atoms with Crippen molar-refractivity contribution in [2.45, 2.75) is 38.4 Å². The fourth-order valence-electron chi connectivity index (χ4n) is 1.85. The van der Waals surface area contributed by atoms with Gasteiger partial charge in [-0.25, -0.2) is 0 Å². The van der Waals surface area contributed by atoms with Gasteiger partial charge in [0, 0.05) is 37.7 Å². The molecule has 1 aliphatic carbocycles. The van der Waals surface area contributed by atoms with Gasteiger partial charge in [0.05, 0.1) is 5.69 Å². The molecule has 0 aliphatic heterocycles. The molecule has 94 valence electrons. The van der Waals surface area contributed by atoms with Crippen molar-refractivity contribution in [2.24, 2.45) is 0 Å². The van der Waals surface area contributed by atoms with E-state index in [1.807, 2.05) is 23.1 Å². The van der Waals surface area contributed by atoms with Crippen LogP contribution in [0, 0.1) is 0 Å². The molecule has 3 rings (SSSR count). The lowest BCUT2D eigenvalue weighted by molar-refractivity contribution is 0.588. The summed E-state index contributed by atoms with van der Waals surface area (Å²) in [6.07, 6.45) is 9.25. The Bertz CT molecular complexity index is 489. The van der Waals surface area contributed by atoms with Crippen molar-refractivity contribution in [3.8, 4) is 0 Å². The normalized spacial score (nSPS) is 14.9. The molecule has 18 heavy (non-hydrogen) atoms. The molecule has 1 fully saturated rings. The molecular formula is C13H17N5. The van der Waals surface area contributed by atoms with E-state index < -0.39 is 0 Å². The maximum absolute atomic E-state index is 4.16. The average Bonchev–Trinajstić information content (AvgIpc) is 3.14. The Kier molecular flexibility index (Phi) is 3.32. The summed E-state index contributed by atoms with van der Waals surface area (Å²) in [6, 6.07) is 4.76. The summed E-state index contributed by atoms with van der Waals surface area (Å²) in [5.41, 5.74) is 2.25. The number of pyridine rings is 1. The van der Waals surface area contributed by atoms with Crippen molar-refractivity contribution in [1.29, 1.82) is 0 Å². The second kappa shape index (κ2) is 5.27. The van der Waals surface area contributed by atoms with Crippen LogP contribution >= 0.6 is 0 Å². The van der Waals surface area contributed by atoms with Crippen molar-refractivity contribution in [3.63, 3.8) is 0 Å². The third-order valence-corrected chi connectivity index (χ3v) is 3.09. The summed E-state index contributed by atoms with van der Waals surface area (Å²) in [5.74, 6) is 0. The molecule has 0 spiro atoms. The number of hydrogen-bond donors (Lipinski definition) is 1. The molecule has 1 saturated carbocycles. The Morgan fingerprint density at radius 3 is 3.11 bits per heavy atom. The van der Waals surface area contributed by atoms with Crippen LogP contribution in [0.5, 0.6) is 0 Å². The van der Waals surface area contributed by atoms with Gasteiger partial charge >= 0.3 is 0 Å². The van der Waals surface area contributed by atoms with E-state index in [0.717, 1.165) is 25.2 Å². The number of aromatic nitrogens is 4. The zero-order valence-electron chi connectivity index (χ0n) is 10.3. The summed E-state index contributed by atoms with van der Waals surface area (Å²) in [6.45, 7) is 1.68. The van der Waals surface area contributed by atoms with Gasteiger partial charge in [-0.2, -0.15) is 0 Å². The van der Waals surface area contributed by atoms with Crippen molar-refractivity contribution >= 4 is 0 Å². The first-order valence-corrected chi connectivity index (χ1v) is 6.41. The van der Waals surface area contributed by atoms with Crippen LogP contribution in [0.25, 0.3) is 0 Å². The summed E-state index contributed by atoms with van der Waals surface area (Å²) < 4.78 is 1.90. The molecule has 2 aromatic heterocycles. The van der Waals surface area contributed by atoms with E-state index in [0.29, 0.717) is 6.04 Å². The smallest absolute Gasteiger partial charge is 0.0964 e. The molecule has 0 unspecified atom stereocenters. The Balaban J connectivity index is 1.50. The first kappa shape index (κ1) is 11.3. The number of nitrogens with one attached hydrogen (secondary N) is 1. The van der Waals surface area contributed by atoms with Gasteiger partial charge in [-0.15, -0.1) is 5.10 Å². The van der Waals surface area contributed by atoms with E-state index in [4.69, 9.17) is 0 Å². The Morgan fingerprint density at radius 1 is 1.39 bits per heavy atom. The Labute approximate surface area is 106 Å². The Hall–Kier alpha value is -1.75. The zero-order chi connectivity index (χ0) is 12.2. The van der Waals surface area contributed by atoms with E-state index in [1.54, 1.807) is 6.20 Å². The van der Waals surface area contributed by atoms with Gasteiger partial charge in [0.1, 0.15) is 0 Å². The van der Waals surface area contributed by atoms with Crippen LogP contribution in [0.4, 0.5) is 0 Å². The molecule has 0 radical (unpaired) electrons. The molecule has 0 bridgehead atoms. The molecule has 2 aromatic rings. The maximum atomic E-state index is 4.16. The van der Waals surface area contributed by atoms with Crippen molar-refractivity contribution in [2.75, 3.05) is 0 Å². The minimum absolute atomic E-state index is 0.713. The monoisotopic (exact) mass is 243 g/mol. The van der Waals surface area contributed by atoms with Gasteiger partial charge in [-0.3, -0.25) is 9.67 Å². The van der Waals surface area contributed by atoms with Crippen LogP contribution in [-0.4, -0.2) is 26.0 Å². The highest BCUT2D eigenvalue weighted by molar-refractivity contribution is 5.08. The highest BCUT2D eigenvalue weighted by Gasteiger charge is 2.20. The predicted octanol–water partition coefficient (Wildman–Crippen LogP) is 1.17. The minimum Gasteiger partial charge on any atom is -0.308 e. The molecule has 0 saturated heterocycles. The number of nitrogens with zero attached hydrogens (tertiary/aromatic N) is 4. The van der Waals surface area contributed by atoms with Crippen LogP contribution in [-0.2, 0) is 19.5 Å². The molecule has 0 atom stereocenters. The Morgan fingerprint density at radius 2 is 2.33 bits per heavy atom. The fourth-order valence-corrected chi connectivity index (χ4v) is 1.85. The SMILES string of the molecule is c1cncc(CCn2cc(CNC3CC3)nn2)c1. The molecular weight excluding hydrogens is 226 g/mol. The predicted molar refractivity (Wildman–Crippen MR) is 67.8 cm³/mol. The molecule has 1 N–H and O–H groups in total. The third kappa shape index (κ3) is 3.13. The van der Waals surface area contributed by atoms with Crippen LogP contribution in [0.3, 0.4) is 0 Å². The lowest BCUT2D eigenvalue weighted by Crippen LogP contribution is -2.15. The molecule has 5 heteroatoms.